The van der Waals surface area contributed by atoms with Gasteiger partial charge in [-0.2, -0.15) is 0 Å². The van der Waals surface area contributed by atoms with Crippen molar-refractivity contribution in [3.8, 4) is 5.75 Å². The van der Waals surface area contributed by atoms with Crippen LogP contribution in [0.3, 0.4) is 0 Å². The third-order valence-corrected chi connectivity index (χ3v) is 2.51. The number of nitrogens with one attached hydrogen (secondary N) is 1. The Hall–Kier alpha value is -0.980. The molecule has 0 spiro atoms. The molecule has 0 aliphatic rings. The molecule has 0 aliphatic carbocycles. The van der Waals surface area contributed by atoms with E-state index in [1.807, 2.05) is 36.1 Å². The minimum Gasteiger partial charge on any atom is -0.410 e. The zero-order chi connectivity index (χ0) is 15.0. The van der Waals surface area contributed by atoms with E-state index in [1.165, 1.54) is 0 Å². The van der Waals surface area contributed by atoms with Crippen LogP contribution in [-0.2, 0) is 0 Å². The Morgan fingerprint density at radius 3 is 2.26 bits per heavy atom. The van der Waals surface area contributed by atoms with E-state index in [1.54, 1.807) is 7.05 Å². The maximum Gasteiger partial charge on any atom is 0.412 e. The number of nitrogens with zero attached hydrogens (tertiary/aromatic N) is 1. The molecule has 0 aromatic heterocycles. The zero-order valence-electron chi connectivity index (χ0n) is 12.5. The molecule has 0 fully saturated rings. The van der Waals surface area contributed by atoms with Crippen molar-refractivity contribution in [2.24, 2.45) is 0 Å². The number of rotatable bonds is 3. The van der Waals surface area contributed by atoms with E-state index in [0.29, 0.717) is 11.7 Å². The van der Waals surface area contributed by atoms with Crippen LogP contribution in [0.2, 0.25) is 0 Å². The Bertz CT molecular complexity index is 380. The summed E-state index contributed by atoms with van der Waals surface area (Å²) in [7, 11) is 5.47. The standard InChI is InChI=1S/C13H20N2O2.CH3I/c1-9(2)10-6-11(15(4)5)8-12(7-10)17-13(16)14-3;1-2/h6-9H,1-5H3,(H,14,16);1H3. The summed E-state index contributed by atoms with van der Waals surface area (Å²) in [6, 6.07) is 5.84. The fourth-order valence-electron chi connectivity index (χ4n) is 1.41. The molecule has 0 unspecified atom stereocenters. The van der Waals surface area contributed by atoms with Crippen molar-refractivity contribution in [1.82, 2.24) is 5.32 Å². The van der Waals surface area contributed by atoms with Crippen LogP contribution < -0.4 is 15.0 Å². The van der Waals surface area contributed by atoms with Gasteiger partial charge in [0.25, 0.3) is 0 Å². The molecule has 0 radical (unpaired) electrons. The maximum atomic E-state index is 11.2. The fraction of sp³-hybridized carbons (Fsp3) is 0.500. The lowest BCUT2D eigenvalue weighted by Gasteiger charge is -2.17. The molecule has 0 aliphatic heterocycles. The quantitative estimate of drug-likeness (QED) is 0.645. The predicted molar refractivity (Wildman–Crippen MR) is 89.9 cm³/mol. The number of halogens is 1. The molecule has 1 N–H and O–H groups in total. The lowest BCUT2D eigenvalue weighted by atomic mass is 10.0. The van der Waals surface area contributed by atoms with Gasteiger partial charge in [-0.15, -0.1) is 0 Å². The number of hydrogen-bond acceptors (Lipinski definition) is 3. The summed E-state index contributed by atoms with van der Waals surface area (Å²) in [5.74, 6) is 0.959. The first-order chi connectivity index (χ1) is 8.93. The molecule has 0 heterocycles. The minimum atomic E-state index is -0.449. The molecule has 1 amide bonds. The summed E-state index contributed by atoms with van der Waals surface area (Å²) in [4.78, 5) is 15.2. The number of anilines is 1. The maximum absolute atomic E-state index is 11.2. The Morgan fingerprint density at radius 1 is 1.26 bits per heavy atom. The van der Waals surface area contributed by atoms with Gasteiger partial charge in [0.05, 0.1) is 0 Å². The van der Waals surface area contributed by atoms with Crippen molar-refractivity contribution in [2.45, 2.75) is 19.8 Å². The van der Waals surface area contributed by atoms with Gasteiger partial charge in [-0.25, -0.2) is 4.79 Å². The highest BCUT2D eigenvalue weighted by Gasteiger charge is 2.09. The predicted octanol–water partition coefficient (Wildman–Crippen LogP) is 3.65. The van der Waals surface area contributed by atoms with Crippen LogP contribution in [0.5, 0.6) is 5.75 Å². The Labute approximate surface area is 129 Å². The first kappa shape index (κ1) is 18.0. The number of carbonyl (C=O) groups is 1. The van der Waals surface area contributed by atoms with Gasteiger partial charge in [0.2, 0.25) is 0 Å². The summed E-state index contributed by atoms with van der Waals surface area (Å²) in [5.41, 5.74) is 2.17. The second-order valence-electron chi connectivity index (χ2n) is 4.45. The Kier molecular flexibility index (Phi) is 8.54. The average molecular weight is 378 g/mol. The molecule has 5 heteroatoms. The molecule has 0 bridgehead atoms. The molecular formula is C14H23IN2O2. The minimum absolute atomic E-state index is 0.391. The van der Waals surface area contributed by atoms with Crippen LogP contribution in [0.4, 0.5) is 10.5 Å². The second-order valence-corrected chi connectivity index (χ2v) is 4.45. The largest absolute Gasteiger partial charge is 0.412 e. The number of amides is 1. The summed E-state index contributed by atoms with van der Waals surface area (Å²) in [5, 5.41) is 2.44. The smallest absolute Gasteiger partial charge is 0.410 e. The number of carbonyl (C=O) groups excluding carboxylic acids is 1. The van der Waals surface area contributed by atoms with Crippen LogP contribution in [0, 0.1) is 0 Å². The van der Waals surface area contributed by atoms with Crippen LogP contribution in [0.1, 0.15) is 25.3 Å². The van der Waals surface area contributed by atoms with Crippen LogP contribution in [-0.4, -0.2) is 32.2 Å². The molecule has 19 heavy (non-hydrogen) atoms. The highest BCUT2D eigenvalue weighted by Crippen LogP contribution is 2.27. The van der Waals surface area contributed by atoms with E-state index < -0.39 is 6.09 Å². The second kappa shape index (κ2) is 9.01. The SMILES string of the molecule is CI.CNC(=O)Oc1cc(C(C)C)cc(N(C)C)c1. The molecule has 1 aromatic rings. The molecule has 1 rings (SSSR count). The first-order valence-electron chi connectivity index (χ1n) is 6.03. The van der Waals surface area contributed by atoms with Crippen LogP contribution in [0.15, 0.2) is 18.2 Å². The Morgan fingerprint density at radius 2 is 1.84 bits per heavy atom. The van der Waals surface area contributed by atoms with E-state index in [9.17, 15) is 4.79 Å². The van der Waals surface area contributed by atoms with Crippen molar-refractivity contribution < 1.29 is 9.53 Å². The third kappa shape index (κ3) is 6.13. The molecule has 0 saturated heterocycles. The normalized spacial score (nSPS) is 9.47. The zero-order valence-corrected chi connectivity index (χ0v) is 14.6. The van der Waals surface area contributed by atoms with Crippen molar-refractivity contribution >= 4 is 34.4 Å². The van der Waals surface area contributed by atoms with Gasteiger partial charge >= 0.3 is 6.09 Å². The van der Waals surface area contributed by atoms with Gasteiger partial charge in [0.15, 0.2) is 0 Å². The molecular weight excluding hydrogens is 355 g/mol. The van der Waals surface area contributed by atoms with Gasteiger partial charge in [-0.05, 0) is 28.5 Å². The van der Waals surface area contributed by atoms with E-state index in [0.717, 1.165) is 11.3 Å². The van der Waals surface area contributed by atoms with Crippen molar-refractivity contribution in [2.75, 3.05) is 31.0 Å². The van der Waals surface area contributed by atoms with Gasteiger partial charge in [0, 0.05) is 32.9 Å². The van der Waals surface area contributed by atoms with Gasteiger partial charge in [-0.3, -0.25) is 0 Å². The van der Waals surface area contributed by atoms with E-state index in [-0.39, 0.29) is 0 Å². The topological polar surface area (TPSA) is 41.6 Å². The van der Waals surface area contributed by atoms with Gasteiger partial charge in [0.1, 0.15) is 5.75 Å². The highest BCUT2D eigenvalue weighted by molar-refractivity contribution is 14.1. The first-order valence-corrected chi connectivity index (χ1v) is 8.19. The fourth-order valence-corrected chi connectivity index (χ4v) is 1.41. The van der Waals surface area contributed by atoms with E-state index in [2.05, 4.69) is 47.8 Å². The summed E-state index contributed by atoms with van der Waals surface area (Å²) >= 11 is 2.15. The summed E-state index contributed by atoms with van der Waals surface area (Å²) < 4.78 is 5.17. The van der Waals surface area contributed by atoms with Crippen LogP contribution in [0.25, 0.3) is 0 Å². The number of benzene rings is 1. The monoisotopic (exact) mass is 378 g/mol. The average Bonchev–Trinajstić information content (AvgIpc) is 2.40. The molecule has 0 atom stereocenters. The third-order valence-electron chi connectivity index (χ3n) is 2.51. The number of hydrogen-bond donors (Lipinski definition) is 1. The number of ether oxygens (including phenoxy) is 1. The molecule has 0 saturated carbocycles. The summed E-state index contributed by atoms with van der Waals surface area (Å²) in [6.07, 6.45) is -0.449. The van der Waals surface area contributed by atoms with Crippen LogP contribution >= 0.6 is 22.6 Å². The van der Waals surface area contributed by atoms with Crippen molar-refractivity contribution in [3.63, 3.8) is 0 Å². The lowest BCUT2D eigenvalue weighted by Crippen LogP contribution is -2.22. The summed E-state index contributed by atoms with van der Waals surface area (Å²) in [6.45, 7) is 4.22. The van der Waals surface area contributed by atoms with E-state index >= 15 is 0 Å². The van der Waals surface area contributed by atoms with Gasteiger partial charge in [-0.1, -0.05) is 36.4 Å². The lowest BCUT2D eigenvalue weighted by molar-refractivity contribution is 0.203. The molecule has 4 nitrogen and oxygen atoms in total. The molecule has 1 aromatic carbocycles. The van der Waals surface area contributed by atoms with E-state index in [4.69, 9.17) is 4.74 Å². The van der Waals surface area contributed by atoms with Crippen molar-refractivity contribution in [3.05, 3.63) is 23.8 Å². The van der Waals surface area contributed by atoms with Gasteiger partial charge < -0.3 is 15.0 Å². The van der Waals surface area contributed by atoms with Crippen molar-refractivity contribution in [1.29, 1.82) is 0 Å². The highest BCUT2D eigenvalue weighted by atomic mass is 127. The Balaban J connectivity index is 0.00000154. The number of alkyl halides is 1. The molecule has 108 valence electrons.